The normalized spacial score (nSPS) is 14.0. The number of hydrogen-bond acceptors (Lipinski definition) is 6. The van der Waals surface area contributed by atoms with Gasteiger partial charge in [-0.05, 0) is 64.2 Å². The van der Waals surface area contributed by atoms with Crippen molar-refractivity contribution in [2.75, 3.05) is 40.9 Å². The Morgan fingerprint density at radius 1 is 0.455 bits per heavy atom. The molecule has 0 bridgehead atoms. The first-order valence-electron chi connectivity index (χ1n) is 33.5. The van der Waals surface area contributed by atoms with E-state index < -0.39 is 20.0 Å². The lowest BCUT2D eigenvalue weighted by atomic mass is 10.0. The van der Waals surface area contributed by atoms with Gasteiger partial charge < -0.3 is 28.8 Å². The fraction of sp³-hybridized carbons (Fsp3) is 0.868. The van der Waals surface area contributed by atoms with Gasteiger partial charge in [-0.25, -0.2) is 0 Å². The Bertz CT molecular complexity index is 1390. The lowest BCUT2D eigenvalue weighted by Crippen LogP contribution is -2.45. The molecule has 0 radical (unpaired) electrons. The van der Waals surface area contributed by atoms with Crippen LogP contribution in [-0.4, -0.2) is 68.5 Å². The van der Waals surface area contributed by atoms with Gasteiger partial charge in [-0.15, -0.1) is 0 Å². The number of aliphatic hydroxyl groups excluding tert-OH is 1. The van der Waals surface area contributed by atoms with E-state index in [1.165, 1.54) is 263 Å². The molecule has 0 aromatic rings. The van der Waals surface area contributed by atoms with E-state index in [0.717, 1.165) is 44.9 Å². The van der Waals surface area contributed by atoms with Crippen molar-refractivity contribution < 1.29 is 32.9 Å². The van der Waals surface area contributed by atoms with Crippen molar-refractivity contribution in [3.05, 3.63) is 48.6 Å². The van der Waals surface area contributed by atoms with Crippen LogP contribution in [0.15, 0.2) is 48.6 Å². The fourth-order valence-corrected chi connectivity index (χ4v) is 10.8. The highest BCUT2D eigenvalue weighted by Gasteiger charge is 2.23. The van der Waals surface area contributed by atoms with Crippen LogP contribution in [0.3, 0.4) is 0 Å². The molecule has 9 heteroatoms. The minimum absolute atomic E-state index is 0.00509. The minimum atomic E-state index is -4.61. The zero-order valence-electron chi connectivity index (χ0n) is 51.9. The molecule has 77 heavy (non-hydrogen) atoms. The molecule has 1 amide bonds. The first-order valence-corrected chi connectivity index (χ1v) is 35.0. The molecule has 3 unspecified atom stereocenters. The van der Waals surface area contributed by atoms with E-state index in [4.69, 9.17) is 9.05 Å². The summed E-state index contributed by atoms with van der Waals surface area (Å²) in [5.41, 5.74) is 0. The molecule has 0 aliphatic carbocycles. The number of nitrogens with zero attached hydrogens (tertiary/aromatic N) is 1. The second-order valence-corrected chi connectivity index (χ2v) is 25.6. The van der Waals surface area contributed by atoms with Gasteiger partial charge in [0, 0.05) is 6.42 Å². The Morgan fingerprint density at radius 3 is 1.13 bits per heavy atom. The van der Waals surface area contributed by atoms with Crippen molar-refractivity contribution in [3.63, 3.8) is 0 Å². The molecule has 0 spiro atoms. The number of likely N-dealkylation sites (N-methyl/N-ethyl adjacent to an activating group) is 1. The zero-order chi connectivity index (χ0) is 56.3. The number of phosphoric acid groups is 1. The molecule has 0 saturated carbocycles. The number of quaternary nitrogens is 1. The zero-order valence-corrected chi connectivity index (χ0v) is 52.8. The molecule has 0 aliphatic rings. The Morgan fingerprint density at radius 2 is 0.766 bits per heavy atom. The maximum atomic E-state index is 13.0. The summed E-state index contributed by atoms with van der Waals surface area (Å²) in [4.78, 5) is 25.6. The van der Waals surface area contributed by atoms with E-state index >= 15 is 0 Å². The third-order valence-electron chi connectivity index (χ3n) is 15.3. The Labute approximate surface area is 479 Å². The van der Waals surface area contributed by atoms with Gasteiger partial charge in [-0.3, -0.25) is 9.36 Å². The van der Waals surface area contributed by atoms with E-state index in [-0.39, 0.29) is 19.1 Å². The summed E-state index contributed by atoms with van der Waals surface area (Å²) < 4.78 is 23.4. The minimum Gasteiger partial charge on any atom is -0.756 e. The van der Waals surface area contributed by atoms with Crippen molar-refractivity contribution in [1.82, 2.24) is 5.32 Å². The number of carbonyl (C=O) groups is 1. The number of aliphatic hydroxyl groups is 1. The van der Waals surface area contributed by atoms with Crippen molar-refractivity contribution in [2.45, 2.75) is 341 Å². The average molecular weight is 1100 g/mol. The Hall–Kier alpha value is -1.54. The van der Waals surface area contributed by atoms with E-state index in [2.05, 4.69) is 55.6 Å². The maximum absolute atomic E-state index is 13.0. The van der Waals surface area contributed by atoms with E-state index in [9.17, 15) is 19.4 Å². The largest absolute Gasteiger partial charge is 0.756 e. The molecule has 0 aromatic carbocycles. The van der Waals surface area contributed by atoms with Crippen LogP contribution in [0.4, 0.5) is 0 Å². The lowest BCUT2D eigenvalue weighted by Gasteiger charge is -2.29. The average Bonchev–Trinajstić information content (AvgIpc) is 3.39. The molecular formula is C68H131N2O6P. The van der Waals surface area contributed by atoms with Crippen LogP contribution in [0.25, 0.3) is 0 Å². The topological polar surface area (TPSA) is 108 Å². The highest BCUT2D eigenvalue weighted by atomic mass is 31.2. The maximum Gasteiger partial charge on any atom is 0.268 e. The van der Waals surface area contributed by atoms with Gasteiger partial charge in [0.15, 0.2) is 0 Å². The summed E-state index contributed by atoms with van der Waals surface area (Å²) in [6.45, 7) is 4.66. The number of hydrogen-bond donors (Lipinski definition) is 2. The molecule has 454 valence electrons. The second kappa shape index (κ2) is 59.1. The van der Waals surface area contributed by atoms with E-state index in [1.807, 2.05) is 27.2 Å². The van der Waals surface area contributed by atoms with Gasteiger partial charge in [-0.1, -0.05) is 306 Å². The van der Waals surface area contributed by atoms with Crippen molar-refractivity contribution in [3.8, 4) is 0 Å². The van der Waals surface area contributed by atoms with Crippen LogP contribution >= 0.6 is 7.82 Å². The smallest absolute Gasteiger partial charge is 0.268 e. The molecule has 0 saturated heterocycles. The quantitative estimate of drug-likeness (QED) is 0.0272. The van der Waals surface area contributed by atoms with Gasteiger partial charge >= 0.3 is 0 Å². The Balaban J connectivity index is 4.03. The lowest BCUT2D eigenvalue weighted by molar-refractivity contribution is -0.870. The number of rotatable bonds is 62. The highest BCUT2D eigenvalue weighted by Crippen LogP contribution is 2.38. The van der Waals surface area contributed by atoms with Gasteiger partial charge in [0.1, 0.15) is 13.2 Å². The number of amides is 1. The molecule has 3 atom stereocenters. The number of nitrogens with one attached hydrogen (secondary N) is 1. The van der Waals surface area contributed by atoms with E-state index in [0.29, 0.717) is 17.4 Å². The second-order valence-electron chi connectivity index (χ2n) is 24.2. The van der Waals surface area contributed by atoms with Crippen LogP contribution in [0.5, 0.6) is 0 Å². The molecule has 0 heterocycles. The van der Waals surface area contributed by atoms with Gasteiger partial charge in [0.25, 0.3) is 7.82 Å². The summed E-state index contributed by atoms with van der Waals surface area (Å²) in [7, 11) is 1.26. The molecule has 8 nitrogen and oxygen atoms in total. The van der Waals surface area contributed by atoms with Crippen LogP contribution in [-0.2, 0) is 18.4 Å². The first-order chi connectivity index (χ1) is 37.5. The van der Waals surface area contributed by atoms with Crippen LogP contribution < -0.4 is 10.2 Å². The van der Waals surface area contributed by atoms with Crippen molar-refractivity contribution in [1.29, 1.82) is 0 Å². The first kappa shape index (κ1) is 75.5. The summed E-state index contributed by atoms with van der Waals surface area (Å²) in [6, 6.07) is -0.903. The number of carbonyl (C=O) groups excluding carboxylic acids is 1. The standard InChI is InChI=1S/C68H131N2O6P/c1-6-8-10-12-14-16-18-20-22-24-26-28-29-30-31-32-33-34-35-36-37-38-39-40-41-42-44-46-48-50-52-54-56-58-60-62-68(72)69-66(65-76-77(73,74)75-64-63-70(3,4)5)67(71)61-59-57-55-53-51-49-47-45-43-27-25-23-21-19-17-15-13-11-9-7-2/h18,20,24,26,51,53,59,61,66-67,71H,6-17,19,21-23,25,27-50,52,54-58,60,62-65H2,1-5H3,(H-,69,72,73,74)/b20-18-,26-24-,53-51+,61-59+. The van der Waals surface area contributed by atoms with Crippen molar-refractivity contribution >= 4 is 13.7 Å². The van der Waals surface area contributed by atoms with Crippen molar-refractivity contribution in [2.24, 2.45) is 0 Å². The molecular weight excluding hydrogens is 972 g/mol. The predicted molar refractivity (Wildman–Crippen MR) is 334 cm³/mol. The summed E-state index contributed by atoms with van der Waals surface area (Å²) >= 11 is 0. The molecule has 2 N–H and O–H groups in total. The Kier molecular flexibility index (Phi) is 57.9. The molecule has 0 rings (SSSR count). The van der Waals surface area contributed by atoms with Crippen LogP contribution in [0.1, 0.15) is 328 Å². The van der Waals surface area contributed by atoms with Gasteiger partial charge in [0.05, 0.1) is 39.9 Å². The SMILES string of the molecule is CCCCCCC/C=C\C/C=C\CCCCCCCCCCCCCCCCCCCCCCCCCC(=O)NC(COP(=O)([O-])OCC[N+](C)(C)C)C(O)/C=C/CC/C=C/CCCCCCCCCCCCCCCC. The highest BCUT2D eigenvalue weighted by molar-refractivity contribution is 7.45. The number of unbranched alkanes of at least 4 members (excludes halogenated alkanes) is 43. The summed E-state index contributed by atoms with van der Waals surface area (Å²) in [6.07, 6.45) is 79.5. The third-order valence-corrected chi connectivity index (χ3v) is 16.2. The predicted octanol–water partition coefficient (Wildman–Crippen LogP) is 20.4. The monoisotopic (exact) mass is 1100 g/mol. The van der Waals surface area contributed by atoms with E-state index in [1.54, 1.807) is 6.08 Å². The third kappa shape index (κ3) is 61.9. The van der Waals surface area contributed by atoms with Crippen LogP contribution in [0, 0.1) is 0 Å². The van der Waals surface area contributed by atoms with Gasteiger partial charge in [0.2, 0.25) is 5.91 Å². The van der Waals surface area contributed by atoms with Crippen LogP contribution in [0.2, 0.25) is 0 Å². The molecule has 0 aromatic heterocycles. The number of phosphoric ester groups is 1. The van der Waals surface area contributed by atoms with Gasteiger partial charge in [-0.2, -0.15) is 0 Å². The molecule has 0 fully saturated rings. The summed E-state index contributed by atoms with van der Waals surface area (Å²) in [5, 5.41) is 13.9. The molecule has 0 aliphatic heterocycles. The summed E-state index contributed by atoms with van der Waals surface area (Å²) in [5.74, 6) is -0.201. The number of allylic oxidation sites excluding steroid dienone is 7. The fourth-order valence-electron chi connectivity index (χ4n) is 10.0.